The molecule has 2 aromatic rings. The first-order valence-corrected chi connectivity index (χ1v) is 5.54. The smallest absolute Gasteiger partial charge is 0.236 e. The highest BCUT2D eigenvalue weighted by molar-refractivity contribution is 5.85. The number of fused-ring (bicyclic) bond motifs is 1. The molecule has 0 aliphatic carbocycles. The molecule has 5 nitrogen and oxygen atoms in total. The van der Waals surface area contributed by atoms with Gasteiger partial charge in [0, 0.05) is 12.4 Å². The number of imidazole rings is 1. The molecule has 2 rings (SSSR count). The molecule has 0 saturated carbocycles. The van der Waals surface area contributed by atoms with Crippen molar-refractivity contribution in [3.05, 3.63) is 35.8 Å². The second kappa shape index (κ2) is 5.84. The lowest BCUT2D eigenvalue weighted by Crippen LogP contribution is -2.37. The van der Waals surface area contributed by atoms with E-state index in [-0.39, 0.29) is 18.3 Å². The van der Waals surface area contributed by atoms with Crippen LogP contribution in [0.5, 0.6) is 0 Å². The zero-order valence-corrected chi connectivity index (χ0v) is 11.2. The molecule has 0 aliphatic rings. The van der Waals surface area contributed by atoms with Crippen LogP contribution in [0.25, 0.3) is 5.65 Å². The van der Waals surface area contributed by atoms with E-state index in [1.807, 2.05) is 35.9 Å². The van der Waals surface area contributed by atoms with Crippen LogP contribution in [0.3, 0.4) is 0 Å². The fourth-order valence-electron chi connectivity index (χ4n) is 1.63. The molecular formula is C12H17ClN4O. The van der Waals surface area contributed by atoms with E-state index in [2.05, 4.69) is 10.3 Å². The molecule has 1 atom stereocenters. The Hall–Kier alpha value is -1.59. The summed E-state index contributed by atoms with van der Waals surface area (Å²) in [6.45, 7) is 4.07. The van der Waals surface area contributed by atoms with Gasteiger partial charge in [-0.15, -0.1) is 12.4 Å². The highest BCUT2D eigenvalue weighted by atomic mass is 35.5. The van der Waals surface area contributed by atoms with E-state index >= 15 is 0 Å². The Kier molecular flexibility index (Phi) is 4.69. The quantitative estimate of drug-likeness (QED) is 0.873. The first kappa shape index (κ1) is 14.5. The van der Waals surface area contributed by atoms with E-state index in [0.717, 1.165) is 16.9 Å². The number of pyridine rings is 1. The standard InChI is InChI=1S/C12H16N4O.ClH/c1-8-4-3-5-16-7-10(15-11(8)16)6-14-12(17)9(2)13;/h3-5,7,9H,6,13H2,1-2H3,(H,14,17);1H. The van der Waals surface area contributed by atoms with Crippen molar-refractivity contribution in [3.63, 3.8) is 0 Å². The van der Waals surface area contributed by atoms with E-state index in [1.54, 1.807) is 6.92 Å². The van der Waals surface area contributed by atoms with E-state index < -0.39 is 6.04 Å². The van der Waals surface area contributed by atoms with Crippen LogP contribution in [0.4, 0.5) is 0 Å². The summed E-state index contributed by atoms with van der Waals surface area (Å²) in [6.07, 6.45) is 3.84. The normalized spacial score (nSPS) is 11.9. The number of nitrogens with one attached hydrogen (secondary N) is 1. The van der Waals surface area contributed by atoms with Crippen molar-refractivity contribution in [2.24, 2.45) is 5.73 Å². The van der Waals surface area contributed by atoms with Crippen molar-refractivity contribution in [1.82, 2.24) is 14.7 Å². The second-order valence-corrected chi connectivity index (χ2v) is 4.16. The Morgan fingerprint density at radius 3 is 2.94 bits per heavy atom. The fraction of sp³-hybridized carbons (Fsp3) is 0.333. The molecule has 18 heavy (non-hydrogen) atoms. The van der Waals surface area contributed by atoms with Crippen molar-refractivity contribution in [1.29, 1.82) is 0 Å². The molecule has 2 heterocycles. The van der Waals surface area contributed by atoms with Crippen LogP contribution in [-0.4, -0.2) is 21.3 Å². The summed E-state index contributed by atoms with van der Waals surface area (Å²) in [4.78, 5) is 15.8. The number of nitrogens with zero attached hydrogens (tertiary/aromatic N) is 2. The summed E-state index contributed by atoms with van der Waals surface area (Å²) in [7, 11) is 0. The Labute approximate surface area is 112 Å². The van der Waals surface area contributed by atoms with Gasteiger partial charge in [0.2, 0.25) is 5.91 Å². The molecule has 0 saturated heterocycles. The van der Waals surface area contributed by atoms with Gasteiger partial charge in [0.1, 0.15) is 5.65 Å². The fourth-order valence-corrected chi connectivity index (χ4v) is 1.63. The summed E-state index contributed by atoms with van der Waals surface area (Å²) in [5, 5.41) is 2.74. The van der Waals surface area contributed by atoms with Crippen molar-refractivity contribution >= 4 is 24.0 Å². The van der Waals surface area contributed by atoms with Crippen LogP contribution >= 0.6 is 12.4 Å². The molecule has 0 aliphatic heterocycles. The lowest BCUT2D eigenvalue weighted by molar-refractivity contribution is -0.122. The third kappa shape index (κ3) is 3.00. The summed E-state index contributed by atoms with van der Waals surface area (Å²) in [6, 6.07) is 3.48. The number of amides is 1. The third-order valence-electron chi connectivity index (χ3n) is 2.59. The lowest BCUT2D eigenvalue weighted by atomic mass is 10.3. The topological polar surface area (TPSA) is 72.4 Å². The summed E-state index contributed by atoms with van der Waals surface area (Å²) < 4.78 is 1.95. The maximum atomic E-state index is 11.3. The van der Waals surface area contributed by atoms with Crippen LogP contribution in [-0.2, 0) is 11.3 Å². The van der Waals surface area contributed by atoms with Gasteiger partial charge >= 0.3 is 0 Å². The molecule has 0 bridgehead atoms. The Morgan fingerprint density at radius 2 is 2.33 bits per heavy atom. The van der Waals surface area contributed by atoms with Crippen LogP contribution in [0.15, 0.2) is 24.5 Å². The van der Waals surface area contributed by atoms with Gasteiger partial charge in [-0.05, 0) is 25.5 Å². The van der Waals surface area contributed by atoms with Gasteiger partial charge in [-0.1, -0.05) is 6.07 Å². The van der Waals surface area contributed by atoms with Gasteiger partial charge in [0.15, 0.2) is 0 Å². The van der Waals surface area contributed by atoms with E-state index in [9.17, 15) is 4.79 Å². The third-order valence-corrected chi connectivity index (χ3v) is 2.59. The first-order chi connectivity index (χ1) is 8.08. The van der Waals surface area contributed by atoms with Crippen LogP contribution < -0.4 is 11.1 Å². The second-order valence-electron chi connectivity index (χ2n) is 4.16. The van der Waals surface area contributed by atoms with E-state index in [4.69, 9.17) is 5.73 Å². The minimum atomic E-state index is -0.492. The minimum Gasteiger partial charge on any atom is -0.349 e. The number of hydrogen-bond acceptors (Lipinski definition) is 3. The SMILES string of the molecule is Cc1cccn2cc(CNC(=O)C(C)N)nc12.Cl. The molecule has 0 aromatic carbocycles. The predicted molar refractivity (Wildman–Crippen MR) is 72.7 cm³/mol. The van der Waals surface area contributed by atoms with E-state index in [0.29, 0.717) is 6.54 Å². The Bertz CT molecular complexity index is 550. The van der Waals surface area contributed by atoms with Crippen molar-refractivity contribution in [2.75, 3.05) is 0 Å². The monoisotopic (exact) mass is 268 g/mol. The number of carbonyl (C=O) groups is 1. The lowest BCUT2D eigenvalue weighted by Gasteiger charge is -2.04. The number of aromatic nitrogens is 2. The minimum absolute atomic E-state index is 0. The molecule has 0 radical (unpaired) electrons. The van der Waals surface area contributed by atoms with Gasteiger partial charge in [-0.3, -0.25) is 4.79 Å². The highest BCUT2D eigenvalue weighted by Gasteiger charge is 2.08. The highest BCUT2D eigenvalue weighted by Crippen LogP contribution is 2.09. The van der Waals surface area contributed by atoms with Gasteiger partial charge in [-0.25, -0.2) is 4.98 Å². The van der Waals surface area contributed by atoms with Gasteiger partial charge < -0.3 is 15.5 Å². The number of carbonyl (C=O) groups excluding carboxylic acids is 1. The number of hydrogen-bond donors (Lipinski definition) is 2. The maximum Gasteiger partial charge on any atom is 0.236 e. The number of aryl methyl sites for hydroxylation is 1. The number of halogens is 1. The summed E-state index contributed by atoms with van der Waals surface area (Å²) in [5.74, 6) is -0.168. The number of rotatable bonds is 3. The Morgan fingerprint density at radius 1 is 1.61 bits per heavy atom. The van der Waals surface area contributed by atoms with Crippen molar-refractivity contribution in [2.45, 2.75) is 26.4 Å². The van der Waals surface area contributed by atoms with Crippen LogP contribution in [0, 0.1) is 6.92 Å². The molecule has 98 valence electrons. The molecule has 2 aromatic heterocycles. The predicted octanol–water partition coefficient (Wildman–Crippen LogP) is 1.03. The summed E-state index contributed by atoms with van der Waals surface area (Å²) in [5.41, 5.74) is 8.31. The molecular weight excluding hydrogens is 252 g/mol. The molecule has 3 N–H and O–H groups in total. The molecule has 1 amide bonds. The van der Waals surface area contributed by atoms with Gasteiger partial charge in [0.25, 0.3) is 0 Å². The average molecular weight is 269 g/mol. The van der Waals surface area contributed by atoms with Gasteiger partial charge in [-0.2, -0.15) is 0 Å². The van der Waals surface area contributed by atoms with Crippen molar-refractivity contribution in [3.8, 4) is 0 Å². The molecule has 1 unspecified atom stereocenters. The molecule has 0 fully saturated rings. The van der Waals surface area contributed by atoms with Crippen LogP contribution in [0.1, 0.15) is 18.2 Å². The summed E-state index contributed by atoms with van der Waals surface area (Å²) >= 11 is 0. The molecule has 0 spiro atoms. The van der Waals surface area contributed by atoms with Crippen LogP contribution in [0.2, 0.25) is 0 Å². The van der Waals surface area contributed by atoms with E-state index in [1.165, 1.54) is 0 Å². The molecule has 6 heteroatoms. The zero-order chi connectivity index (χ0) is 12.4. The Balaban J connectivity index is 0.00000162. The average Bonchev–Trinajstić information content (AvgIpc) is 2.70. The van der Waals surface area contributed by atoms with Crippen molar-refractivity contribution < 1.29 is 4.79 Å². The maximum absolute atomic E-state index is 11.3. The number of nitrogens with two attached hydrogens (primary N) is 1. The van der Waals surface area contributed by atoms with Gasteiger partial charge in [0.05, 0.1) is 18.3 Å². The zero-order valence-electron chi connectivity index (χ0n) is 10.4. The first-order valence-electron chi connectivity index (χ1n) is 5.54. The largest absolute Gasteiger partial charge is 0.349 e.